The summed E-state index contributed by atoms with van der Waals surface area (Å²) in [5.41, 5.74) is 8.34. The van der Waals surface area contributed by atoms with Crippen LogP contribution in [-0.2, 0) is 6.54 Å². The van der Waals surface area contributed by atoms with E-state index in [2.05, 4.69) is 44.0 Å². The third-order valence-electron chi connectivity index (χ3n) is 5.96. The Morgan fingerprint density at radius 1 is 1.25 bits per heavy atom. The molecule has 7 heteroatoms. The third kappa shape index (κ3) is 6.15. The minimum absolute atomic E-state index is 0.0463. The maximum Gasteiger partial charge on any atom is 0.258 e. The molecule has 0 saturated carbocycles. The number of halogens is 1. The summed E-state index contributed by atoms with van der Waals surface area (Å²) in [6.07, 6.45) is 3.78. The molecule has 174 valence electrons. The summed E-state index contributed by atoms with van der Waals surface area (Å²) >= 11 is 5.98. The molecule has 32 heavy (non-hydrogen) atoms. The highest BCUT2D eigenvalue weighted by Crippen LogP contribution is 2.37. The van der Waals surface area contributed by atoms with Crippen molar-refractivity contribution in [1.29, 1.82) is 0 Å². The number of rotatable bonds is 8. The molecule has 1 saturated heterocycles. The molecule has 4 N–H and O–H groups in total. The van der Waals surface area contributed by atoms with Crippen LogP contribution in [0.25, 0.3) is 0 Å². The largest absolute Gasteiger partial charge is 0.507 e. The lowest BCUT2D eigenvalue weighted by Crippen LogP contribution is -2.33. The fourth-order valence-electron chi connectivity index (χ4n) is 4.33. The van der Waals surface area contributed by atoms with Crippen LogP contribution in [0.15, 0.2) is 36.4 Å². The van der Waals surface area contributed by atoms with Gasteiger partial charge in [0.15, 0.2) is 0 Å². The zero-order valence-corrected chi connectivity index (χ0v) is 19.9. The summed E-state index contributed by atoms with van der Waals surface area (Å²) in [6, 6.07) is 10.8. The van der Waals surface area contributed by atoms with E-state index < -0.39 is 0 Å². The minimum Gasteiger partial charge on any atom is -0.507 e. The maximum absolute atomic E-state index is 13.2. The lowest BCUT2D eigenvalue weighted by atomic mass is 9.99. The summed E-state index contributed by atoms with van der Waals surface area (Å²) < 4.78 is 0. The molecular weight excluding hydrogens is 426 g/mol. The van der Waals surface area contributed by atoms with Gasteiger partial charge >= 0.3 is 0 Å². The number of nitrogens with two attached hydrogens (primary N) is 1. The first-order valence-corrected chi connectivity index (χ1v) is 11.5. The van der Waals surface area contributed by atoms with Gasteiger partial charge in [0.1, 0.15) is 11.5 Å². The zero-order chi connectivity index (χ0) is 23.5. The fourth-order valence-corrected chi connectivity index (χ4v) is 4.49. The summed E-state index contributed by atoms with van der Waals surface area (Å²) in [5, 5.41) is 19.9. The normalized spacial score (nSPS) is 16.7. The Morgan fingerprint density at radius 2 is 2.00 bits per heavy atom. The summed E-state index contributed by atoms with van der Waals surface area (Å²) in [5.74, 6) is -0.789. The smallest absolute Gasteiger partial charge is 0.258 e. The third-order valence-corrected chi connectivity index (χ3v) is 6.26. The number of phenols is 2. The van der Waals surface area contributed by atoms with Crippen LogP contribution in [0.3, 0.4) is 0 Å². The summed E-state index contributed by atoms with van der Waals surface area (Å²) in [7, 11) is 2.11. The van der Waals surface area contributed by atoms with Gasteiger partial charge in [0.05, 0.1) is 16.6 Å². The van der Waals surface area contributed by atoms with E-state index >= 15 is 0 Å². The van der Waals surface area contributed by atoms with E-state index in [1.807, 2.05) is 6.07 Å². The van der Waals surface area contributed by atoms with Crippen LogP contribution in [0.2, 0.25) is 5.02 Å². The molecule has 2 aromatic carbocycles. The zero-order valence-electron chi connectivity index (χ0n) is 19.1. The van der Waals surface area contributed by atoms with E-state index in [-0.39, 0.29) is 39.6 Å². The standard InChI is InChI=1S/C25H34ClN3O3/c1-25(2,27)10-6-11-28(3)16-17-7-4-8-18(13-17)21-9-5-12-29(21)24(32)19-14-20(26)23(31)15-22(19)30/h4,7-8,13-15,21,30-31H,5-6,9-12,16,27H2,1-3H3. The Hall–Kier alpha value is -2.28. The van der Waals surface area contributed by atoms with Crippen molar-refractivity contribution in [3.05, 3.63) is 58.1 Å². The lowest BCUT2D eigenvalue weighted by molar-refractivity contribution is 0.0732. The van der Waals surface area contributed by atoms with E-state index in [0.29, 0.717) is 6.54 Å². The van der Waals surface area contributed by atoms with Crippen LogP contribution in [0, 0.1) is 0 Å². The highest BCUT2D eigenvalue weighted by atomic mass is 35.5. The highest BCUT2D eigenvalue weighted by Gasteiger charge is 2.32. The van der Waals surface area contributed by atoms with Gasteiger partial charge in [0.25, 0.3) is 5.91 Å². The quantitative estimate of drug-likeness (QED) is 0.533. The Labute approximate surface area is 195 Å². The predicted molar refractivity (Wildman–Crippen MR) is 128 cm³/mol. The van der Waals surface area contributed by atoms with Gasteiger partial charge in [-0.2, -0.15) is 0 Å². The lowest BCUT2D eigenvalue weighted by Gasteiger charge is -2.26. The number of likely N-dealkylation sites (tertiary alicyclic amines) is 1. The number of nitrogens with zero attached hydrogens (tertiary/aromatic N) is 2. The van der Waals surface area contributed by atoms with E-state index in [0.717, 1.165) is 50.4 Å². The molecule has 0 radical (unpaired) electrons. The Bertz CT molecular complexity index is 958. The first-order valence-electron chi connectivity index (χ1n) is 11.1. The molecule has 1 unspecified atom stereocenters. The predicted octanol–water partition coefficient (Wildman–Crippen LogP) is 4.68. The van der Waals surface area contributed by atoms with Gasteiger partial charge in [-0.15, -0.1) is 0 Å². The Balaban J connectivity index is 1.71. The van der Waals surface area contributed by atoms with Crippen LogP contribution in [0.1, 0.15) is 67.1 Å². The van der Waals surface area contributed by atoms with Gasteiger partial charge in [-0.05, 0) is 70.3 Å². The molecule has 2 aromatic rings. The molecule has 0 aromatic heterocycles. The van der Waals surface area contributed by atoms with Gasteiger partial charge in [-0.25, -0.2) is 0 Å². The summed E-state index contributed by atoms with van der Waals surface area (Å²) in [6.45, 7) is 6.52. The van der Waals surface area contributed by atoms with Crippen molar-refractivity contribution >= 4 is 17.5 Å². The van der Waals surface area contributed by atoms with Crippen molar-refractivity contribution in [2.75, 3.05) is 20.1 Å². The molecule has 1 fully saturated rings. The molecule has 0 bridgehead atoms. The van der Waals surface area contributed by atoms with Crippen LogP contribution >= 0.6 is 11.6 Å². The van der Waals surface area contributed by atoms with Crippen molar-refractivity contribution in [1.82, 2.24) is 9.80 Å². The number of hydrogen-bond acceptors (Lipinski definition) is 5. The molecule has 3 rings (SSSR count). The number of phenolic OH excluding ortho intramolecular Hbond substituents is 2. The molecule has 1 aliphatic rings. The molecule has 1 aliphatic heterocycles. The van der Waals surface area contributed by atoms with Crippen molar-refractivity contribution in [2.45, 2.75) is 57.7 Å². The Kier molecular flexibility index (Phi) is 7.70. The number of carbonyl (C=O) groups is 1. The van der Waals surface area contributed by atoms with Crippen LogP contribution in [-0.4, -0.2) is 51.6 Å². The van der Waals surface area contributed by atoms with Gasteiger partial charge < -0.3 is 25.7 Å². The molecule has 1 amide bonds. The van der Waals surface area contributed by atoms with E-state index in [4.69, 9.17) is 17.3 Å². The number of amides is 1. The van der Waals surface area contributed by atoms with Crippen molar-refractivity contribution in [3.63, 3.8) is 0 Å². The molecule has 6 nitrogen and oxygen atoms in total. The topological polar surface area (TPSA) is 90.0 Å². The average molecular weight is 460 g/mol. The maximum atomic E-state index is 13.2. The minimum atomic E-state index is -0.279. The monoisotopic (exact) mass is 459 g/mol. The van der Waals surface area contributed by atoms with Crippen LogP contribution in [0.5, 0.6) is 11.5 Å². The van der Waals surface area contributed by atoms with Gasteiger partial charge in [-0.1, -0.05) is 35.9 Å². The number of hydrogen-bond donors (Lipinski definition) is 3. The van der Waals surface area contributed by atoms with Gasteiger partial charge in [-0.3, -0.25) is 4.79 Å². The van der Waals surface area contributed by atoms with E-state index in [1.54, 1.807) is 4.90 Å². The molecule has 0 aliphatic carbocycles. The van der Waals surface area contributed by atoms with E-state index in [1.165, 1.54) is 11.6 Å². The second-order valence-corrected chi connectivity index (χ2v) is 9.96. The molecule has 0 spiro atoms. The Morgan fingerprint density at radius 3 is 2.72 bits per heavy atom. The van der Waals surface area contributed by atoms with E-state index in [9.17, 15) is 15.0 Å². The average Bonchev–Trinajstić information content (AvgIpc) is 3.19. The van der Waals surface area contributed by atoms with Crippen molar-refractivity contribution in [2.24, 2.45) is 5.73 Å². The second-order valence-electron chi connectivity index (χ2n) is 9.55. The molecular formula is C25H34ClN3O3. The molecule has 1 heterocycles. The fraction of sp³-hybridized carbons (Fsp3) is 0.480. The number of aromatic hydroxyl groups is 2. The first-order chi connectivity index (χ1) is 15.0. The summed E-state index contributed by atoms with van der Waals surface area (Å²) in [4.78, 5) is 17.3. The number of carbonyl (C=O) groups excluding carboxylic acids is 1. The van der Waals surface area contributed by atoms with Crippen LogP contribution in [0.4, 0.5) is 0 Å². The molecule has 1 atom stereocenters. The van der Waals surface area contributed by atoms with Gasteiger partial charge in [0.2, 0.25) is 0 Å². The van der Waals surface area contributed by atoms with Crippen molar-refractivity contribution < 1.29 is 15.0 Å². The van der Waals surface area contributed by atoms with Crippen LogP contribution < -0.4 is 5.73 Å². The SMILES string of the molecule is CN(CCCC(C)(C)N)Cc1cccc(C2CCCN2C(=O)c2cc(Cl)c(O)cc2O)c1. The number of benzene rings is 2. The first kappa shape index (κ1) is 24.4. The van der Waals surface area contributed by atoms with Crippen molar-refractivity contribution in [3.8, 4) is 11.5 Å². The second kappa shape index (κ2) is 10.1. The highest BCUT2D eigenvalue weighted by molar-refractivity contribution is 6.32. The van der Waals surface area contributed by atoms with Gasteiger partial charge in [0, 0.05) is 24.7 Å².